The van der Waals surface area contributed by atoms with Gasteiger partial charge in [0.1, 0.15) is 0 Å². The highest BCUT2D eigenvalue weighted by Crippen LogP contribution is 2.10. The van der Waals surface area contributed by atoms with E-state index in [0.717, 1.165) is 37.2 Å². The number of allylic oxidation sites excluding steroid dienone is 4. The van der Waals surface area contributed by atoms with Gasteiger partial charge in [0.25, 0.3) is 0 Å². The predicted octanol–water partition coefficient (Wildman–Crippen LogP) is 4.22. The van der Waals surface area contributed by atoms with Crippen LogP contribution in [-0.2, 0) is 4.74 Å². The van der Waals surface area contributed by atoms with E-state index in [1.165, 1.54) is 0 Å². The Labute approximate surface area is 100 Å². The lowest BCUT2D eigenvalue weighted by Gasteiger charge is -2.04. The summed E-state index contributed by atoms with van der Waals surface area (Å²) in [6, 6.07) is 0. The zero-order valence-corrected chi connectivity index (χ0v) is 11.1. The van der Waals surface area contributed by atoms with E-state index < -0.39 is 0 Å². The molecule has 0 saturated carbocycles. The second kappa shape index (κ2) is 10.2. The highest BCUT2D eigenvalue weighted by atomic mass is 32.1. The monoisotopic (exact) mass is 228 g/mol. The average Bonchev–Trinajstić information content (AvgIpc) is 2.23. The molecule has 0 bridgehead atoms. The second-order valence-corrected chi connectivity index (χ2v) is 4.19. The van der Waals surface area contributed by atoms with Crippen molar-refractivity contribution in [3.63, 3.8) is 0 Å². The van der Waals surface area contributed by atoms with E-state index in [4.69, 9.17) is 4.74 Å². The van der Waals surface area contributed by atoms with E-state index in [-0.39, 0.29) is 0 Å². The maximum atomic E-state index is 5.26. The van der Waals surface area contributed by atoms with Gasteiger partial charge in [0.2, 0.25) is 0 Å². The molecule has 0 spiro atoms. The van der Waals surface area contributed by atoms with Gasteiger partial charge in [-0.2, -0.15) is 12.6 Å². The quantitative estimate of drug-likeness (QED) is 0.372. The maximum Gasteiger partial charge on any atom is 0.0918 e. The fourth-order valence-corrected chi connectivity index (χ4v) is 1.78. The van der Waals surface area contributed by atoms with Gasteiger partial charge in [-0.3, -0.25) is 0 Å². The van der Waals surface area contributed by atoms with Crippen LogP contribution in [0.4, 0.5) is 0 Å². The van der Waals surface area contributed by atoms with Gasteiger partial charge in [0, 0.05) is 6.42 Å². The summed E-state index contributed by atoms with van der Waals surface area (Å²) in [7, 11) is 1.74. The third kappa shape index (κ3) is 8.61. The number of hydrogen-bond acceptors (Lipinski definition) is 2. The third-order valence-corrected chi connectivity index (χ3v) is 2.56. The molecule has 0 rings (SSSR count). The lowest BCUT2D eigenvalue weighted by molar-refractivity contribution is 0.276. The average molecular weight is 228 g/mol. The number of methoxy groups -OCH3 is 1. The summed E-state index contributed by atoms with van der Waals surface area (Å²) in [5.74, 6) is 2.71. The van der Waals surface area contributed by atoms with E-state index in [9.17, 15) is 0 Å². The Hall–Kier alpha value is -0.370. The number of rotatable bonds is 8. The van der Waals surface area contributed by atoms with Crippen LogP contribution < -0.4 is 0 Å². The van der Waals surface area contributed by atoms with Gasteiger partial charge >= 0.3 is 0 Å². The van der Waals surface area contributed by atoms with Gasteiger partial charge in [0.15, 0.2) is 0 Å². The smallest absolute Gasteiger partial charge is 0.0918 e. The lowest BCUT2D eigenvalue weighted by atomic mass is 10.1. The summed E-state index contributed by atoms with van der Waals surface area (Å²) >= 11 is 4.22. The summed E-state index contributed by atoms with van der Waals surface area (Å²) in [6.45, 7) is 4.36. The second-order valence-electron chi connectivity index (χ2n) is 3.74. The van der Waals surface area contributed by atoms with Crippen LogP contribution in [0.15, 0.2) is 24.0 Å². The van der Waals surface area contributed by atoms with Crippen molar-refractivity contribution < 1.29 is 4.74 Å². The molecule has 1 atom stereocenters. The SMILES string of the molecule is CC/C=C(\CCC=CC(C)CCS)OC. The Bertz CT molecular complexity index is 197. The van der Waals surface area contributed by atoms with Gasteiger partial charge in [-0.1, -0.05) is 26.0 Å². The van der Waals surface area contributed by atoms with Crippen LogP contribution in [0.1, 0.15) is 39.5 Å². The van der Waals surface area contributed by atoms with Crippen LogP contribution in [0.5, 0.6) is 0 Å². The minimum atomic E-state index is 0.642. The van der Waals surface area contributed by atoms with Crippen molar-refractivity contribution in [2.75, 3.05) is 12.9 Å². The minimum absolute atomic E-state index is 0.642. The molecule has 0 aliphatic heterocycles. The molecule has 0 aromatic carbocycles. The fraction of sp³-hybridized carbons (Fsp3) is 0.692. The largest absolute Gasteiger partial charge is 0.501 e. The molecule has 0 aliphatic carbocycles. The first-order valence-corrected chi connectivity index (χ1v) is 6.38. The van der Waals surface area contributed by atoms with Crippen molar-refractivity contribution in [2.45, 2.75) is 39.5 Å². The van der Waals surface area contributed by atoms with Gasteiger partial charge in [0.05, 0.1) is 12.9 Å². The van der Waals surface area contributed by atoms with E-state index in [1.807, 2.05) is 0 Å². The van der Waals surface area contributed by atoms with Gasteiger partial charge in [-0.25, -0.2) is 0 Å². The summed E-state index contributed by atoms with van der Waals surface area (Å²) in [5.41, 5.74) is 0. The maximum absolute atomic E-state index is 5.26. The van der Waals surface area contributed by atoms with E-state index in [0.29, 0.717) is 5.92 Å². The first-order chi connectivity index (χ1) is 7.24. The molecule has 0 saturated heterocycles. The molecule has 0 radical (unpaired) electrons. The topological polar surface area (TPSA) is 9.23 Å². The Morgan fingerprint density at radius 2 is 2.20 bits per heavy atom. The molecule has 1 nitrogen and oxygen atoms in total. The molecule has 0 aliphatic rings. The summed E-state index contributed by atoms with van der Waals surface area (Å²) < 4.78 is 5.26. The van der Waals surface area contributed by atoms with Crippen LogP contribution in [0.2, 0.25) is 0 Å². The predicted molar refractivity (Wildman–Crippen MR) is 71.4 cm³/mol. The molecular weight excluding hydrogens is 204 g/mol. The fourth-order valence-electron chi connectivity index (χ4n) is 1.37. The Morgan fingerprint density at radius 3 is 2.73 bits per heavy atom. The molecule has 0 fully saturated rings. The molecule has 88 valence electrons. The zero-order valence-electron chi connectivity index (χ0n) is 10.2. The number of ether oxygens (including phenoxy) is 1. The number of hydrogen-bond donors (Lipinski definition) is 1. The van der Waals surface area contributed by atoms with Crippen molar-refractivity contribution in [3.05, 3.63) is 24.0 Å². The molecule has 0 aromatic heterocycles. The molecule has 0 amide bonds. The first kappa shape index (κ1) is 14.6. The van der Waals surface area contributed by atoms with Crippen molar-refractivity contribution in [2.24, 2.45) is 5.92 Å². The first-order valence-electron chi connectivity index (χ1n) is 5.75. The summed E-state index contributed by atoms with van der Waals surface area (Å²) in [4.78, 5) is 0. The Morgan fingerprint density at radius 1 is 1.47 bits per heavy atom. The third-order valence-electron chi connectivity index (χ3n) is 2.30. The van der Waals surface area contributed by atoms with Gasteiger partial charge in [-0.05, 0) is 37.0 Å². The number of thiol groups is 1. The highest BCUT2D eigenvalue weighted by molar-refractivity contribution is 7.80. The van der Waals surface area contributed by atoms with Crippen LogP contribution in [0, 0.1) is 5.92 Å². The zero-order chi connectivity index (χ0) is 11.5. The van der Waals surface area contributed by atoms with Crippen LogP contribution in [0.3, 0.4) is 0 Å². The van der Waals surface area contributed by atoms with Gasteiger partial charge in [-0.15, -0.1) is 0 Å². The van der Waals surface area contributed by atoms with Gasteiger partial charge < -0.3 is 4.74 Å². The van der Waals surface area contributed by atoms with E-state index >= 15 is 0 Å². The van der Waals surface area contributed by atoms with Crippen molar-refractivity contribution in [1.82, 2.24) is 0 Å². The highest BCUT2D eigenvalue weighted by Gasteiger charge is 1.95. The van der Waals surface area contributed by atoms with Crippen LogP contribution >= 0.6 is 12.6 Å². The molecular formula is C13H24OS. The van der Waals surface area contributed by atoms with Crippen molar-refractivity contribution in [3.8, 4) is 0 Å². The summed E-state index contributed by atoms with van der Waals surface area (Å²) in [5, 5.41) is 0. The Balaban J connectivity index is 3.72. The molecule has 0 aromatic rings. The van der Waals surface area contributed by atoms with E-state index in [2.05, 4.69) is 44.7 Å². The molecule has 15 heavy (non-hydrogen) atoms. The Kier molecular flexibility index (Phi) is 9.91. The van der Waals surface area contributed by atoms with Crippen LogP contribution in [0.25, 0.3) is 0 Å². The van der Waals surface area contributed by atoms with E-state index in [1.54, 1.807) is 7.11 Å². The summed E-state index contributed by atoms with van der Waals surface area (Å²) in [6.07, 6.45) is 10.9. The minimum Gasteiger partial charge on any atom is -0.501 e. The normalized spacial score (nSPS) is 14.5. The van der Waals surface area contributed by atoms with Crippen molar-refractivity contribution >= 4 is 12.6 Å². The molecule has 2 heteroatoms. The molecule has 0 N–H and O–H groups in total. The van der Waals surface area contributed by atoms with Crippen molar-refractivity contribution in [1.29, 1.82) is 0 Å². The molecule has 1 unspecified atom stereocenters. The van der Waals surface area contributed by atoms with Crippen LogP contribution in [-0.4, -0.2) is 12.9 Å². The lowest BCUT2D eigenvalue weighted by Crippen LogP contribution is -1.90. The standard InChI is InChI=1S/C13H24OS/c1-4-7-13(14-3)9-6-5-8-12(2)10-11-15/h5,7-8,12,15H,4,6,9-11H2,1-3H3/b8-5?,13-7+. The molecule has 0 heterocycles.